The maximum Gasteiger partial charge on any atom is 0.290 e. The van der Waals surface area contributed by atoms with Crippen LogP contribution < -0.4 is 10.6 Å². The molecule has 0 spiro atoms. The Bertz CT molecular complexity index is 791. The first-order valence-electron chi connectivity index (χ1n) is 9.38. The molecule has 28 heavy (non-hydrogen) atoms. The van der Waals surface area contributed by atoms with Crippen molar-refractivity contribution in [3.8, 4) is 0 Å². The van der Waals surface area contributed by atoms with Gasteiger partial charge in [-0.3, -0.25) is 9.59 Å². The van der Waals surface area contributed by atoms with E-state index in [-0.39, 0.29) is 29.4 Å². The van der Waals surface area contributed by atoms with E-state index in [0.717, 1.165) is 17.5 Å². The second kappa shape index (κ2) is 9.68. The fourth-order valence-corrected chi connectivity index (χ4v) is 3.14. The van der Waals surface area contributed by atoms with Crippen LogP contribution in [0, 0.1) is 0 Å². The van der Waals surface area contributed by atoms with E-state index in [9.17, 15) is 4.79 Å². The second-order valence-electron chi connectivity index (χ2n) is 8.70. The average Bonchev–Trinajstić information content (AvgIpc) is 2.93. The number of rotatable bonds is 6. The molecule has 0 aliphatic heterocycles. The van der Waals surface area contributed by atoms with Crippen molar-refractivity contribution >= 4 is 23.5 Å². The summed E-state index contributed by atoms with van der Waals surface area (Å²) in [6.07, 6.45) is 0.820. The molecule has 0 aliphatic rings. The highest BCUT2D eigenvalue weighted by Crippen LogP contribution is 2.26. The Morgan fingerprint density at radius 1 is 1.29 bits per heavy atom. The number of carbonyl (C=O) groups excluding carboxylic acids is 1. The summed E-state index contributed by atoms with van der Waals surface area (Å²) in [7, 11) is 0. The number of fused-ring (bicyclic) bond motifs is 1. The molecule has 0 aliphatic carbocycles. The van der Waals surface area contributed by atoms with Crippen molar-refractivity contribution in [1.29, 1.82) is 0 Å². The minimum atomic E-state index is -0.250. The summed E-state index contributed by atoms with van der Waals surface area (Å²) in [4.78, 5) is 24.2. The fourth-order valence-electron chi connectivity index (χ4n) is 3.14. The number of carboxylic acid groups (broad SMARTS) is 1. The number of oxazole rings is 1. The van der Waals surface area contributed by atoms with Crippen molar-refractivity contribution in [2.45, 2.75) is 78.4 Å². The van der Waals surface area contributed by atoms with E-state index < -0.39 is 0 Å². The van der Waals surface area contributed by atoms with Crippen LogP contribution >= 0.6 is 0 Å². The molecule has 2 aromatic rings. The van der Waals surface area contributed by atoms with Gasteiger partial charge < -0.3 is 20.2 Å². The molecule has 156 valence electrons. The van der Waals surface area contributed by atoms with Crippen molar-refractivity contribution in [3.05, 3.63) is 29.7 Å². The maximum absolute atomic E-state index is 11.3. The van der Waals surface area contributed by atoms with Gasteiger partial charge in [-0.1, -0.05) is 26.8 Å². The third-order valence-corrected chi connectivity index (χ3v) is 4.23. The van der Waals surface area contributed by atoms with Gasteiger partial charge in [0.25, 0.3) is 6.47 Å². The Morgan fingerprint density at radius 3 is 2.43 bits per heavy atom. The van der Waals surface area contributed by atoms with Crippen molar-refractivity contribution in [2.75, 3.05) is 0 Å². The number of nitrogens with zero attached hydrogens (tertiary/aromatic N) is 1. The predicted molar refractivity (Wildman–Crippen MR) is 110 cm³/mol. The lowest BCUT2D eigenvalue weighted by Crippen LogP contribution is -2.46. The Kier molecular flexibility index (Phi) is 8.17. The van der Waals surface area contributed by atoms with Gasteiger partial charge in [-0.15, -0.1) is 0 Å². The predicted octanol–water partition coefficient (Wildman–Crippen LogP) is 3.61. The van der Waals surface area contributed by atoms with Gasteiger partial charge in [-0.25, -0.2) is 4.98 Å². The van der Waals surface area contributed by atoms with E-state index in [1.165, 1.54) is 5.56 Å². The highest BCUT2D eigenvalue weighted by atomic mass is 16.4. The lowest BCUT2D eigenvalue weighted by molar-refractivity contribution is -0.123. The van der Waals surface area contributed by atoms with E-state index in [2.05, 4.69) is 55.4 Å². The Balaban J connectivity index is 0.00000122. The molecule has 1 heterocycles. The number of nitrogens with one attached hydrogen (secondary N) is 2. The monoisotopic (exact) mass is 391 g/mol. The second-order valence-corrected chi connectivity index (χ2v) is 8.70. The van der Waals surface area contributed by atoms with Gasteiger partial charge in [0, 0.05) is 18.5 Å². The molecule has 1 aromatic heterocycles. The first-order chi connectivity index (χ1) is 12.9. The molecule has 7 heteroatoms. The Labute approximate surface area is 166 Å². The number of carbonyl (C=O) groups is 2. The molecular formula is C21H33N3O4. The lowest BCUT2D eigenvalue weighted by atomic mass is 9.87. The minimum Gasteiger partial charge on any atom is -0.483 e. The van der Waals surface area contributed by atoms with E-state index >= 15 is 0 Å². The van der Waals surface area contributed by atoms with Crippen LogP contribution in [0.3, 0.4) is 0 Å². The smallest absolute Gasteiger partial charge is 0.290 e. The van der Waals surface area contributed by atoms with Crippen LogP contribution in [0.5, 0.6) is 0 Å². The number of aromatic nitrogens is 1. The summed E-state index contributed by atoms with van der Waals surface area (Å²) in [6, 6.07) is 6.42. The normalized spacial score (nSPS) is 12.8. The lowest BCUT2D eigenvalue weighted by Gasteiger charge is -2.29. The van der Waals surface area contributed by atoms with E-state index in [4.69, 9.17) is 14.3 Å². The molecule has 0 saturated heterocycles. The number of amides is 1. The highest BCUT2D eigenvalue weighted by molar-refractivity contribution is 5.74. The first-order valence-corrected chi connectivity index (χ1v) is 9.38. The van der Waals surface area contributed by atoms with Crippen molar-refractivity contribution in [3.63, 3.8) is 0 Å². The SMILES string of the molecule is CC(=O)NC(C)(C)CC(C)NCc1nc2cc(C(C)(C)C)ccc2o1.O=CO. The van der Waals surface area contributed by atoms with Crippen LogP contribution in [0.1, 0.15) is 66.3 Å². The Morgan fingerprint density at radius 2 is 1.89 bits per heavy atom. The molecule has 2 rings (SSSR count). The molecule has 0 saturated carbocycles. The van der Waals surface area contributed by atoms with Gasteiger partial charge in [-0.2, -0.15) is 0 Å². The van der Waals surface area contributed by atoms with Gasteiger partial charge >= 0.3 is 0 Å². The van der Waals surface area contributed by atoms with Gasteiger partial charge in [0.1, 0.15) is 5.52 Å². The Hall–Kier alpha value is -2.41. The van der Waals surface area contributed by atoms with Crippen molar-refractivity contribution in [2.24, 2.45) is 0 Å². The molecule has 1 amide bonds. The third kappa shape index (κ3) is 7.68. The van der Waals surface area contributed by atoms with Gasteiger partial charge in [0.2, 0.25) is 11.8 Å². The fraction of sp³-hybridized carbons (Fsp3) is 0.571. The molecule has 1 unspecified atom stereocenters. The third-order valence-electron chi connectivity index (χ3n) is 4.23. The van der Waals surface area contributed by atoms with Crippen molar-refractivity contribution < 1.29 is 19.1 Å². The van der Waals surface area contributed by atoms with E-state index in [0.29, 0.717) is 12.4 Å². The van der Waals surface area contributed by atoms with Gasteiger partial charge in [-0.05, 0) is 50.3 Å². The minimum absolute atomic E-state index is 0.00852. The quantitative estimate of drug-likeness (QED) is 0.650. The topological polar surface area (TPSA) is 104 Å². The van der Waals surface area contributed by atoms with Crippen LogP contribution in [0.25, 0.3) is 11.1 Å². The molecule has 1 aromatic carbocycles. The highest BCUT2D eigenvalue weighted by Gasteiger charge is 2.22. The standard InChI is InChI=1S/C20H31N3O2.CH2O2/c1-13(11-20(6,7)23-14(2)24)21-12-18-22-16-10-15(19(3,4)5)8-9-17(16)25-18;2-1-3/h8-10,13,21H,11-12H2,1-7H3,(H,23,24);1H,(H,2,3). The summed E-state index contributed by atoms with van der Waals surface area (Å²) in [5.41, 5.74) is 2.81. The van der Waals surface area contributed by atoms with Crippen LogP contribution in [0.4, 0.5) is 0 Å². The molecule has 0 bridgehead atoms. The van der Waals surface area contributed by atoms with Crippen LogP contribution in [-0.2, 0) is 21.5 Å². The van der Waals surface area contributed by atoms with E-state index in [1.807, 2.05) is 19.9 Å². The summed E-state index contributed by atoms with van der Waals surface area (Å²) in [5, 5.41) is 13.3. The molecule has 0 fully saturated rings. The molecule has 3 N–H and O–H groups in total. The van der Waals surface area contributed by atoms with Crippen LogP contribution in [-0.4, -0.2) is 34.1 Å². The molecule has 1 atom stereocenters. The molecular weight excluding hydrogens is 358 g/mol. The summed E-state index contributed by atoms with van der Waals surface area (Å²) in [5.74, 6) is 0.677. The zero-order valence-electron chi connectivity index (χ0n) is 17.9. The van der Waals surface area contributed by atoms with E-state index in [1.54, 1.807) is 6.92 Å². The van der Waals surface area contributed by atoms with Gasteiger partial charge in [0.05, 0.1) is 6.54 Å². The first kappa shape index (κ1) is 23.6. The zero-order chi connectivity index (χ0) is 21.5. The largest absolute Gasteiger partial charge is 0.483 e. The summed E-state index contributed by atoms with van der Waals surface area (Å²) < 4.78 is 5.84. The number of benzene rings is 1. The van der Waals surface area contributed by atoms with Crippen LogP contribution in [0.2, 0.25) is 0 Å². The zero-order valence-corrected chi connectivity index (χ0v) is 17.9. The van der Waals surface area contributed by atoms with Crippen LogP contribution in [0.15, 0.2) is 22.6 Å². The maximum atomic E-state index is 11.3. The van der Waals surface area contributed by atoms with Gasteiger partial charge in [0.15, 0.2) is 5.58 Å². The number of hydrogen-bond donors (Lipinski definition) is 3. The van der Waals surface area contributed by atoms with Crippen molar-refractivity contribution in [1.82, 2.24) is 15.6 Å². The summed E-state index contributed by atoms with van der Waals surface area (Å²) in [6.45, 7) is 14.6. The molecule has 0 radical (unpaired) electrons. The number of hydrogen-bond acceptors (Lipinski definition) is 5. The average molecular weight is 392 g/mol. The summed E-state index contributed by atoms with van der Waals surface area (Å²) >= 11 is 0. The molecule has 7 nitrogen and oxygen atoms in total.